The summed E-state index contributed by atoms with van der Waals surface area (Å²) in [5.74, 6) is 0.721. The number of para-hydroxylation sites is 1. The normalized spacial score (nSPS) is 17.0. The van der Waals surface area contributed by atoms with Crippen molar-refractivity contribution in [1.29, 1.82) is 0 Å². The minimum absolute atomic E-state index is 0.0825. The van der Waals surface area contributed by atoms with E-state index < -0.39 is 0 Å². The summed E-state index contributed by atoms with van der Waals surface area (Å²) in [5, 5.41) is 0. The molecular weight excluding hydrogens is 306 g/mol. The molecule has 1 aromatic heterocycles. The van der Waals surface area contributed by atoms with Crippen LogP contribution in [0.2, 0.25) is 0 Å². The van der Waals surface area contributed by atoms with Gasteiger partial charge in [-0.3, -0.25) is 4.79 Å². The fourth-order valence-corrected chi connectivity index (χ4v) is 2.82. The van der Waals surface area contributed by atoms with Gasteiger partial charge in [0.25, 0.3) is 5.91 Å². The predicted molar refractivity (Wildman–Crippen MR) is 90.1 cm³/mol. The Morgan fingerprint density at radius 2 is 2.25 bits per heavy atom. The summed E-state index contributed by atoms with van der Waals surface area (Å²) >= 11 is 0. The van der Waals surface area contributed by atoms with Gasteiger partial charge in [0.1, 0.15) is 18.1 Å². The lowest BCUT2D eigenvalue weighted by atomic mass is 10.2. The van der Waals surface area contributed by atoms with Gasteiger partial charge >= 0.3 is 0 Å². The van der Waals surface area contributed by atoms with Crippen molar-refractivity contribution >= 4 is 5.91 Å². The molecule has 1 saturated heterocycles. The summed E-state index contributed by atoms with van der Waals surface area (Å²) < 4.78 is 11.4. The fraction of sp³-hybridized carbons (Fsp3) is 0.444. The van der Waals surface area contributed by atoms with Crippen molar-refractivity contribution in [3.63, 3.8) is 0 Å². The molecule has 1 aliphatic heterocycles. The molecule has 24 heavy (non-hydrogen) atoms. The molecule has 1 N–H and O–H groups in total. The number of hydrogen-bond acceptors (Lipinski definition) is 4. The number of nitrogens with one attached hydrogen (secondary N) is 1. The van der Waals surface area contributed by atoms with E-state index in [4.69, 9.17) is 9.47 Å². The minimum atomic E-state index is -0.0825. The molecule has 1 amide bonds. The van der Waals surface area contributed by atoms with E-state index in [-0.39, 0.29) is 12.0 Å². The zero-order valence-electron chi connectivity index (χ0n) is 13.9. The van der Waals surface area contributed by atoms with Crippen LogP contribution >= 0.6 is 0 Å². The lowest BCUT2D eigenvalue weighted by Crippen LogP contribution is -2.40. The Morgan fingerprint density at radius 3 is 2.92 bits per heavy atom. The number of benzene rings is 1. The van der Waals surface area contributed by atoms with Crippen molar-refractivity contribution in [2.75, 3.05) is 26.3 Å². The predicted octanol–water partition coefficient (Wildman–Crippen LogP) is 2.42. The molecule has 1 aliphatic rings. The summed E-state index contributed by atoms with van der Waals surface area (Å²) in [7, 11) is 0. The highest BCUT2D eigenvalue weighted by Gasteiger charge is 2.25. The van der Waals surface area contributed by atoms with Crippen LogP contribution in [0, 0.1) is 6.92 Å². The first-order chi connectivity index (χ1) is 11.7. The van der Waals surface area contributed by atoms with Gasteiger partial charge in [-0.2, -0.15) is 0 Å². The van der Waals surface area contributed by atoms with E-state index in [1.54, 1.807) is 11.2 Å². The van der Waals surface area contributed by atoms with E-state index >= 15 is 0 Å². The summed E-state index contributed by atoms with van der Waals surface area (Å²) in [6.07, 6.45) is 3.69. The van der Waals surface area contributed by atoms with Crippen LogP contribution in [0.25, 0.3) is 0 Å². The van der Waals surface area contributed by atoms with E-state index in [2.05, 4.69) is 9.97 Å². The average molecular weight is 329 g/mol. The zero-order valence-corrected chi connectivity index (χ0v) is 13.9. The molecular formula is C18H23N3O3. The van der Waals surface area contributed by atoms with Crippen molar-refractivity contribution in [3.05, 3.63) is 48.0 Å². The van der Waals surface area contributed by atoms with Crippen molar-refractivity contribution < 1.29 is 14.3 Å². The second-order valence-corrected chi connectivity index (χ2v) is 5.92. The average Bonchev–Trinajstić information content (AvgIpc) is 3.26. The maximum atomic E-state index is 12.8. The smallest absolute Gasteiger partial charge is 0.274 e. The molecule has 0 saturated carbocycles. The number of H-pyrrole nitrogens is 1. The van der Waals surface area contributed by atoms with Crippen molar-refractivity contribution in [1.82, 2.24) is 14.9 Å². The maximum absolute atomic E-state index is 12.8. The molecule has 2 heterocycles. The SMILES string of the molecule is Cc1[nH]cnc1C(=O)N(CCOc1ccccc1)CC1CCCO1. The van der Waals surface area contributed by atoms with Gasteiger partial charge in [-0.25, -0.2) is 4.98 Å². The molecule has 0 spiro atoms. The lowest BCUT2D eigenvalue weighted by molar-refractivity contribution is 0.0489. The second-order valence-electron chi connectivity index (χ2n) is 5.92. The quantitative estimate of drug-likeness (QED) is 0.847. The number of nitrogens with zero attached hydrogens (tertiary/aromatic N) is 2. The number of aromatic amines is 1. The second kappa shape index (κ2) is 7.97. The van der Waals surface area contributed by atoms with Crippen LogP contribution in [0.5, 0.6) is 5.75 Å². The van der Waals surface area contributed by atoms with Crippen LogP contribution < -0.4 is 4.74 Å². The van der Waals surface area contributed by atoms with Crippen molar-refractivity contribution in [2.45, 2.75) is 25.9 Å². The number of aromatic nitrogens is 2. The first-order valence-corrected chi connectivity index (χ1v) is 8.33. The van der Waals surface area contributed by atoms with Crippen LogP contribution in [0.1, 0.15) is 29.0 Å². The lowest BCUT2D eigenvalue weighted by Gasteiger charge is -2.25. The van der Waals surface area contributed by atoms with Crippen LogP contribution in [-0.2, 0) is 4.74 Å². The van der Waals surface area contributed by atoms with Gasteiger partial charge in [-0.1, -0.05) is 18.2 Å². The van der Waals surface area contributed by atoms with Crippen LogP contribution in [-0.4, -0.2) is 53.2 Å². The molecule has 3 rings (SSSR count). The Balaban J connectivity index is 1.62. The van der Waals surface area contributed by atoms with Crippen LogP contribution in [0.15, 0.2) is 36.7 Å². The van der Waals surface area contributed by atoms with Gasteiger partial charge in [0.05, 0.1) is 19.0 Å². The molecule has 0 radical (unpaired) electrons. The molecule has 1 unspecified atom stereocenters. The van der Waals surface area contributed by atoms with Gasteiger partial charge in [0.2, 0.25) is 0 Å². The molecule has 6 nitrogen and oxygen atoms in total. The molecule has 2 aromatic rings. The number of carbonyl (C=O) groups is 1. The van der Waals surface area contributed by atoms with Gasteiger partial charge in [-0.15, -0.1) is 0 Å². The number of carbonyl (C=O) groups excluding carboxylic acids is 1. The fourth-order valence-electron chi connectivity index (χ4n) is 2.82. The minimum Gasteiger partial charge on any atom is -0.492 e. The summed E-state index contributed by atoms with van der Waals surface area (Å²) in [6, 6.07) is 9.62. The third kappa shape index (κ3) is 4.14. The van der Waals surface area contributed by atoms with Gasteiger partial charge in [-0.05, 0) is 31.9 Å². The number of ether oxygens (including phenoxy) is 2. The highest BCUT2D eigenvalue weighted by atomic mass is 16.5. The van der Waals surface area contributed by atoms with Gasteiger partial charge in [0.15, 0.2) is 0 Å². The molecule has 1 aromatic carbocycles. The molecule has 1 fully saturated rings. The van der Waals surface area contributed by atoms with Crippen molar-refractivity contribution in [2.24, 2.45) is 0 Å². The molecule has 6 heteroatoms. The summed E-state index contributed by atoms with van der Waals surface area (Å²) in [5.41, 5.74) is 1.24. The Bertz CT molecular complexity index is 651. The van der Waals surface area contributed by atoms with E-state index in [1.165, 1.54) is 0 Å². The van der Waals surface area contributed by atoms with Crippen LogP contribution in [0.3, 0.4) is 0 Å². The zero-order chi connectivity index (χ0) is 16.8. The van der Waals surface area contributed by atoms with Gasteiger partial charge in [0, 0.05) is 18.8 Å². The number of imidazole rings is 1. The highest BCUT2D eigenvalue weighted by molar-refractivity contribution is 5.93. The molecule has 0 bridgehead atoms. The molecule has 0 aliphatic carbocycles. The topological polar surface area (TPSA) is 67.5 Å². The Kier molecular flexibility index (Phi) is 5.48. The van der Waals surface area contributed by atoms with Gasteiger partial charge < -0.3 is 19.4 Å². The highest BCUT2D eigenvalue weighted by Crippen LogP contribution is 2.16. The molecule has 128 valence electrons. The number of rotatable bonds is 7. The standard InChI is InChI=1S/C18H23N3O3/c1-14-17(20-13-19-14)18(22)21(12-16-8-5-10-23-16)9-11-24-15-6-3-2-4-7-15/h2-4,6-7,13,16H,5,8-12H2,1H3,(H,19,20). The van der Waals surface area contributed by atoms with E-state index in [0.717, 1.165) is 30.9 Å². The molecule has 1 atom stereocenters. The monoisotopic (exact) mass is 329 g/mol. The first kappa shape index (κ1) is 16.5. The number of hydrogen-bond donors (Lipinski definition) is 1. The Hall–Kier alpha value is -2.34. The maximum Gasteiger partial charge on any atom is 0.274 e. The van der Waals surface area contributed by atoms with Crippen LogP contribution in [0.4, 0.5) is 0 Å². The van der Waals surface area contributed by atoms with E-state index in [0.29, 0.717) is 25.4 Å². The van der Waals surface area contributed by atoms with E-state index in [1.807, 2.05) is 37.3 Å². The van der Waals surface area contributed by atoms with E-state index in [9.17, 15) is 4.79 Å². The number of aryl methyl sites for hydroxylation is 1. The number of amides is 1. The Labute approximate surface area is 141 Å². The summed E-state index contributed by atoms with van der Waals surface area (Å²) in [6.45, 7) is 4.13. The van der Waals surface area contributed by atoms with Crippen molar-refractivity contribution in [3.8, 4) is 5.75 Å². The Morgan fingerprint density at radius 1 is 1.42 bits per heavy atom. The first-order valence-electron chi connectivity index (χ1n) is 8.33. The largest absolute Gasteiger partial charge is 0.492 e. The summed E-state index contributed by atoms with van der Waals surface area (Å²) in [4.78, 5) is 21.7. The third-order valence-corrected chi connectivity index (χ3v) is 4.14. The third-order valence-electron chi connectivity index (χ3n) is 4.14.